The zero-order valence-corrected chi connectivity index (χ0v) is 16.8. The molecule has 1 aliphatic heterocycles. The molecule has 0 radical (unpaired) electrons. The van der Waals surface area contributed by atoms with E-state index in [-0.39, 0.29) is 17.7 Å². The molecule has 0 spiro atoms. The lowest BCUT2D eigenvalue weighted by Gasteiger charge is -2.31. The number of amides is 2. The third-order valence-electron chi connectivity index (χ3n) is 5.44. The van der Waals surface area contributed by atoms with Crippen molar-refractivity contribution >= 4 is 11.8 Å². The van der Waals surface area contributed by atoms with Crippen molar-refractivity contribution in [1.29, 1.82) is 0 Å². The van der Waals surface area contributed by atoms with Gasteiger partial charge in [-0.25, -0.2) is 0 Å². The van der Waals surface area contributed by atoms with Crippen molar-refractivity contribution in [3.8, 4) is 11.4 Å². The SMILES string of the molecule is O=C(NCCc1ccccc1)C1CCN(C(=O)c2cc(-c3ccccn3)n[nH]2)CC1. The second-order valence-electron chi connectivity index (χ2n) is 7.47. The summed E-state index contributed by atoms with van der Waals surface area (Å²) in [7, 11) is 0. The monoisotopic (exact) mass is 403 g/mol. The molecule has 1 fully saturated rings. The molecule has 1 aromatic carbocycles. The number of carbonyl (C=O) groups is 2. The van der Waals surface area contributed by atoms with E-state index < -0.39 is 0 Å². The maximum atomic E-state index is 12.8. The van der Waals surface area contributed by atoms with Gasteiger partial charge in [-0.3, -0.25) is 19.7 Å². The molecule has 0 aliphatic carbocycles. The van der Waals surface area contributed by atoms with E-state index >= 15 is 0 Å². The average Bonchev–Trinajstić information content (AvgIpc) is 3.30. The predicted octanol–water partition coefficient (Wildman–Crippen LogP) is 2.68. The first kappa shape index (κ1) is 19.8. The van der Waals surface area contributed by atoms with Gasteiger partial charge in [0.2, 0.25) is 5.91 Å². The van der Waals surface area contributed by atoms with Gasteiger partial charge in [-0.15, -0.1) is 0 Å². The Hall–Kier alpha value is -3.48. The molecule has 3 aromatic rings. The van der Waals surface area contributed by atoms with Crippen LogP contribution in [-0.4, -0.2) is 51.5 Å². The molecule has 0 unspecified atom stereocenters. The predicted molar refractivity (Wildman–Crippen MR) is 114 cm³/mol. The number of pyridine rings is 1. The smallest absolute Gasteiger partial charge is 0.271 e. The fourth-order valence-electron chi connectivity index (χ4n) is 3.71. The standard InChI is InChI=1S/C23H25N5O2/c29-22(25-13-9-17-6-2-1-3-7-17)18-10-14-28(15-11-18)23(30)21-16-20(26-27-21)19-8-4-5-12-24-19/h1-8,12,16,18H,9-11,13-15H2,(H,25,29)(H,26,27). The van der Waals surface area contributed by atoms with E-state index in [1.165, 1.54) is 5.56 Å². The van der Waals surface area contributed by atoms with Gasteiger partial charge in [-0.1, -0.05) is 36.4 Å². The van der Waals surface area contributed by atoms with E-state index in [9.17, 15) is 9.59 Å². The van der Waals surface area contributed by atoms with Crippen molar-refractivity contribution in [3.05, 3.63) is 72.1 Å². The first-order chi connectivity index (χ1) is 14.7. The minimum atomic E-state index is -0.0902. The zero-order chi connectivity index (χ0) is 20.8. The van der Waals surface area contributed by atoms with Gasteiger partial charge < -0.3 is 10.2 Å². The number of aromatic amines is 1. The summed E-state index contributed by atoms with van der Waals surface area (Å²) in [6.45, 7) is 1.76. The van der Waals surface area contributed by atoms with Crippen molar-refractivity contribution in [2.45, 2.75) is 19.3 Å². The lowest BCUT2D eigenvalue weighted by Crippen LogP contribution is -2.43. The number of H-pyrrole nitrogens is 1. The van der Waals surface area contributed by atoms with Crippen LogP contribution in [0.15, 0.2) is 60.8 Å². The highest BCUT2D eigenvalue weighted by atomic mass is 16.2. The summed E-state index contributed by atoms with van der Waals surface area (Å²) in [5.74, 6) is -0.0553. The summed E-state index contributed by atoms with van der Waals surface area (Å²) >= 11 is 0. The quantitative estimate of drug-likeness (QED) is 0.662. The number of hydrogen-bond acceptors (Lipinski definition) is 4. The van der Waals surface area contributed by atoms with Crippen molar-refractivity contribution in [2.75, 3.05) is 19.6 Å². The van der Waals surface area contributed by atoms with Gasteiger partial charge in [0.15, 0.2) is 0 Å². The van der Waals surface area contributed by atoms with Gasteiger partial charge in [-0.05, 0) is 43.0 Å². The molecule has 0 bridgehead atoms. The van der Waals surface area contributed by atoms with Crippen LogP contribution >= 0.6 is 0 Å². The molecule has 3 heterocycles. The molecule has 7 nitrogen and oxygen atoms in total. The third-order valence-corrected chi connectivity index (χ3v) is 5.44. The van der Waals surface area contributed by atoms with Crippen LogP contribution in [0.2, 0.25) is 0 Å². The summed E-state index contributed by atoms with van der Waals surface area (Å²) < 4.78 is 0. The van der Waals surface area contributed by atoms with Crippen LogP contribution < -0.4 is 5.32 Å². The zero-order valence-electron chi connectivity index (χ0n) is 16.8. The lowest BCUT2D eigenvalue weighted by molar-refractivity contribution is -0.126. The van der Waals surface area contributed by atoms with Crippen LogP contribution in [0.5, 0.6) is 0 Å². The fraction of sp³-hybridized carbons (Fsp3) is 0.304. The Balaban J connectivity index is 1.25. The normalized spacial score (nSPS) is 14.5. The first-order valence-electron chi connectivity index (χ1n) is 10.3. The molecule has 0 atom stereocenters. The Morgan fingerprint density at radius 3 is 2.53 bits per heavy atom. The third kappa shape index (κ3) is 4.74. The number of rotatable bonds is 6. The summed E-state index contributed by atoms with van der Waals surface area (Å²) in [6, 6.07) is 17.4. The minimum Gasteiger partial charge on any atom is -0.356 e. The van der Waals surface area contributed by atoms with Gasteiger partial charge in [0.1, 0.15) is 11.4 Å². The number of piperidine rings is 1. The molecule has 1 saturated heterocycles. The summed E-state index contributed by atoms with van der Waals surface area (Å²) in [6.07, 6.45) is 3.86. The molecule has 154 valence electrons. The van der Waals surface area contributed by atoms with E-state index in [0.717, 1.165) is 12.1 Å². The number of carbonyl (C=O) groups excluding carboxylic acids is 2. The molecule has 30 heavy (non-hydrogen) atoms. The summed E-state index contributed by atoms with van der Waals surface area (Å²) in [5.41, 5.74) is 3.02. The Labute approximate surface area is 175 Å². The van der Waals surface area contributed by atoms with E-state index in [4.69, 9.17) is 0 Å². The topological polar surface area (TPSA) is 91.0 Å². The summed E-state index contributed by atoms with van der Waals surface area (Å²) in [5, 5.41) is 10.1. The number of benzene rings is 1. The fourth-order valence-corrected chi connectivity index (χ4v) is 3.71. The van der Waals surface area contributed by atoms with Crippen LogP contribution in [-0.2, 0) is 11.2 Å². The molecular weight excluding hydrogens is 378 g/mol. The molecule has 7 heteroatoms. The molecule has 2 aromatic heterocycles. The maximum Gasteiger partial charge on any atom is 0.271 e. The van der Waals surface area contributed by atoms with Crippen LogP contribution in [0.4, 0.5) is 0 Å². The number of likely N-dealkylation sites (tertiary alicyclic amines) is 1. The van der Waals surface area contributed by atoms with Crippen molar-refractivity contribution in [3.63, 3.8) is 0 Å². The molecule has 2 N–H and O–H groups in total. The van der Waals surface area contributed by atoms with Crippen molar-refractivity contribution in [1.82, 2.24) is 25.4 Å². The highest BCUT2D eigenvalue weighted by Crippen LogP contribution is 2.20. The second kappa shape index (κ2) is 9.35. The van der Waals surface area contributed by atoms with Crippen LogP contribution in [0.3, 0.4) is 0 Å². The second-order valence-corrected chi connectivity index (χ2v) is 7.47. The Kier molecular flexibility index (Phi) is 6.17. The Morgan fingerprint density at radius 1 is 1.03 bits per heavy atom. The largest absolute Gasteiger partial charge is 0.356 e. The van der Waals surface area contributed by atoms with Crippen molar-refractivity contribution < 1.29 is 9.59 Å². The Bertz CT molecular complexity index is 979. The number of nitrogens with zero attached hydrogens (tertiary/aromatic N) is 3. The molecule has 0 saturated carbocycles. The molecule has 4 rings (SSSR count). The average molecular weight is 403 g/mol. The number of hydrogen-bond donors (Lipinski definition) is 2. The van der Waals surface area contributed by atoms with Crippen LogP contribution in [0.25, 0.3) is 11.4 Å². The van der Waals surface area contributed by atoms with Crippen LogP contribution in [0.1, 0.15) is 28.9 Å². The van der Waals surface area contributed by atoms with E-state index in [1.54, 1.807) is 17.2 Å². The van der Waals surface area contributed by atoms with Gasteiger partial charge in [0, 0.05) is 31.7 Å². The Morgan fingerprint density at radius 2 is 1.80 bits per heavy atom. The maximum absolute atomic E-state index is 12.8. The highest BCUT2D eigenvalue weighted by molar-refractivity contribution is 5.93. The van der Waals surface area contributed by atoms with Crippen LogP contribution in [0, 0.1) is 5.92 Å². The van der Waals surface area contributed by atoms with E-state index in [2.05, 4.69) is 32.6 Å². The minimum absolute atomic E-state index is 0.0457. The summed E-state index contributed by atoms with van der Waals surface area (Å²) in [4.78, 5) is 31.3. The number of aromatic nitrogens is 3. The van der Waals surface area contributed by atoms with Gasteiger partial charge in [-0.2, -0.15) is 5.10 Å². The number of nitrogens with one attached hydrogen (secondary N) is 2. The van der Waals surface area contributed by atoms with Crippen molar-refractivity contribution in [2.24, 2.45) is 5.92 Å². The van der Waals surface area contributed by atoms with Gasteiger partial charge in [0.25, 0.3) is 5.91 Å². The van der Waals surface area contributed by atoms with E-state index in [1.807, 2.05) is 36.4 Å². The molecule has 2 amide bonds. The van der Waals surface area contributed by atoms with E-state index in [0.29, 0.717) is 43.9 Å². The van der Waals surface area contributed by atoms with Gasteiger partial charge >= 0.3 is 0 Å². The highest BCUT2D eigenvalue weighted by Gasteiger charge is 2.28. The molecular formula is C23H25N5O2. The van der Waals surface area contributed by atoms with Gasteiger partial charge in [0.05, 0.1) is 5.69 Å². The lowest BCUT2D eigenvalue weighted by atomic mass is 9.95. The molecule has 1 aliphatic rings. The first-order valence-corrected chi connectivity index (χ1v) is 10.3.